The Hall–Kier alpha value is -0.200. The van der Waals surface area contributed by atoms with Gasteiger partial charge in [0.15, 0.2) is 0 Å². The van der Waals surface area contributed by atoms with Gasteiger partial charge < -0.3 is 15.2 Å². The van der Waals surface area contributed by atoms with E-state index < -0.39 is 14.1 Å². The van der Waals surface area contributed by atoms with Gasteiger partial charge in [-0.3, -0.25) is 0 Å². The molecule has 0 aliphatic carbocycles. The zero-order valence-electron chi connectivity index (χ0n) is 13.7. The van der Waals surface area contributed by atoms with Gasteiger partial charge in [0.2, 0.25) is 0 Å². The van der Waals surface area contributed by atoms with E-state index in [4.69, 9.17) is 23.4 Å². The predicted molar refractivity (Wildman–Crippen MR) is 72.3 cm³/mol. The Kier molecular flexibility index (Phi) is 3.42. The molecule has 0 atom stereocenters. The summed E-state index contributed by atoms with van der Waals surface area (Å²) in [7, 11) is -5.16. The van der Waals surface area contributed by atoms with Crippen LogP contribution in [0, 0.1) is 3.57 Å². The van der Waals surface area contributed by atoms with Crippen LogP contribution < -0.4 is 15.2 Å². The van der Waals surface area contributed by atoms with Gasteiger partial charge in [-0.15, -0.1) is 12.4 Å². The molecule has 5 heteroatoms. The van der Waals surface area contributed by atoms with Crippen molar-refractivity contribution in [3.05, 3.63) is 21.3 Å². The number of hydrogen-bond donors (Lipinski definition) is 1. The lowest BCUT2D eigenvalue weighted by Crippen LogP contribution is -2.05. The van der Waals surface area contributed by atoms with E-state index in [0.29, 0.717) is 15.6 Å². The van der Waals surface area contributed by atoms with Crippen LogP contribution in [0.2, 0.25) is 0 Å². The first-order chi connectivity index (χ1) is 9.02. The van der Waals surface area contributed by atoms with E-state index in [0.717, 1.165) is 0 Å². The van der Waals surface area contributed by atoms with Crippen LogP contribution >= 0.6 is 35.0 Å². The second-order valence-corrected chi connectivity index (χ2v) is 3.80. The highest BCUT2D eigenvalue weighted by Gasteiger charge is 2.08. The van der Waals surface area contributed by atoms with E-state index in [1.165, 1.54) is 12.1 Å². The third kappa shape index (κ3) is 3.70. The van der Waals surface area contributed by atoms with Gasteiger partial charge in [-0.2, -0.15) is 0 Å². The summed E-state index contributed by atoms with van der Waals surface area (Å²) in [5.74, 6) is 0.296. The lowest BCUT2D eigenvalue weighted by atomic mass is 10.1. The minimum absolute atomic E-state index is 0. The normalized spacial score (nSPS) is 16.9. The Morgan fingerprint density at radius 3 is 2.60 bits per heavy atom. The Morgan fingerprint density at radius 1 is 1.33 bits per heavy atom. The number of benzene rings is 1. The highest BCUT2D eigenvalue weighted by molar-refractivity contribution is 14.1. The second kappa shape index (κ2) is 7.14. The molecular weight excluding hydrogens is 328 g/mol. The third-order valence-corrected chi connectivity index (χ3v) is 2.59. The molecule has 0 aromatic heterocycles. The number of ether oxygens (including phenoxy) is 2. The number of nitrogens with two attached hydrogens (primary N) is 1. The first kappa shape index (κ1) is 7.19. The molecule has 0 aliphatic rings. The summed E-state index contributed by atoms with van der Waals surface area (Å²) in [6.07, 6.45) is 0.347. The average molecular weight is 350 g/mol. The largest absolute Gasteiger partial charge is 0.496 e. The fourth-order valence-corrected chi connectivity index (χ4v) is 1.65. The molecule has 0 saturated heterocycles. The van der Waals surface area contributed by atoms with Crippen LogP contribution in [0.5, 0.6) is 11.5 Å². The summed E-state index contributed by atoms with van der Waals surface area (Å²) in [6, 6.07) is 2.88. The van der Waals surface area contributed by atoms with Gasteiger partial charge in [-0.1, -0.05) is 0 Å². The molecular formula is C10H15ClINO2. The minimum Gasteiger partial charge on any atom is -0.496 e. The van der Waals surface area contributed by atoms with Crippen molar-refractivity contribution in [2.24, 2.45) is 5.73 Å². The maximum atomic E-state index is 7.12. The van der Waals surface area contributed by atoms with E-state index in [2.05, 4.69) is 0 Å². The zero-order chi connectivity index (χ0) is 15.6. The van der Waals surface area contributed by atoms with Crippen molar-refractivity contribution in [1.82, 2.24) is 0 Å². The molecule has 0 amide bonds. The standard InChI is InChI=1S/C10H14INO2.ClH/c1-13-9-6-8(11)10(14-2)5-7(9)3-4-12;/h5-6H,3-4,12H2,1-2H3;1H/i1D3,2D3;. The topological polar surface area (TPSA) is 44.5 Å². The molecule has 0 spiro atoms. The molecule has 0 heterocycles. The molecule has 0 saturated carbocycles. The summed E-state index contributed by atoms with van der Waals surface area (Å²) in [4.78, 5) is 0. The predicted octanol–water partition coefficient (Wildman–Crippen LogP) is 2.23. The molecule has 0 bridgehead atoms. The summed E-state index contributed by atoms with van der Waals surface area (Å²) in [5, 5.41) is 0. The molecule has 3 nitrogen and oxygen atoms in total. The second-order valence-electron chi connectivity index (χ2n) is 2.63. The van der Waals surface area contributed by atoms with Gasteiger partial charge in [0.1, 0.15) is 11.5 Å². The first-order valence-electron chi connectivity index (χ1n) is 6.92. The van der Waals surface area contributed by atoms with E-state index >= 15 is 0 Å². The molecule has 0 fully saturated rings. The number of hydrogen-bond acceptors (Lipinski definition) is 3. The van der Waals surface area contributed by atoms with Gasteiger partial charge in [0, 0.05) is 0 Å². The fourth-order valence-electron chi connectivity index (χ4n) is 1.10. The molecule has 0 radical (unpaired) electrons. The van der Waals surface area contributed by atoms with Crippen molar-refractivity contribution in [3.8, 4) is 11.5 Å². The highest BCUT2D eigenvalue weighted by atomic mass is 127. The third-order valence-electron chi connectivity index (χ3n) is 1.75. The van der Waals surface area contributed by atoms with Crippen molar-refractivity contribution in [1.29, 1.82) is 0 Å². The molecule has 1 rings (SSSR count). The minimum atomic E-state index is -2.58. The summed E-state index contributed by atoms with van der Waals surface area (Å²) in [5.41, 5.74) is 5.95. The number of rotatable bonds is 4. The van der Waals surface area contributed by atoms with E-state index in [1.54, 1.807) is 0 Å². The first-order valence-corrected chi connectivity index (χ1v) is 5.00. The monoisotopic (exact) mass is 349 g/mol. The van der Waals surface area contributed by atoms with Crippen LogP contribution in [0.3, 0.4) is 0 Å². The average Bonchev–Trinajstić information content (AvgIpc) is 2.20. The van der Waals surface area contributed by atoms with Gasteiger partial charge in [-0.05, 0) is 53.3 Å². The maximum Gasteiger partial charge on any atom is 0.132 e. The van der Waals surface area contributed by atoms with Crippen LogP contribution in [0.15, 0.2) is 12.1 Å². The van der Waals surface area contributed by atoms with Crippen molar-refractivity contribution >= 4 is 35.0 Å². The van der Waals surface area contributed by atoms with Gasteiger partial charge in [-0.25, -0.2) is 0 Å². The zero-order valence-corrected chi connectivity index (χ0v) is 10.7. The van der Waals surface area contributed by atoms with Gasteiger partial charge >= 0.3 is 0 Å². The Balaban J connectivity index is 0.00000400. The molecule has 15 heavy (non-hydrogen) atoms. The molecule has 1 aromatic carbocycles. The van der Waals surface area contributed by atoms with Crippen molar-refractivity contribution in [3.63, 3.8) is 0 Å². The van der Waals surface area contributed by atoms with Crippen LogP contribution in [0.4, 0.5) is 0 Å². The Bertz CT molecular complexity index is 480. The van der Waals surface area contributed by atoms with E-state index in [1.807, 2.05) is 22.6 Å². The Morgan fingerprint density at radius 2 is 2.00 bits per heavy atom. The number of methoxy groups -OCH3 is 2. The van der Waals surface area contributed by atoms with Gasteiger partial charge in [0.25, 0.3) is 0 Å². The maximum absolute atomic E-state index is 7.12. The molecule has 0 unspecified atom stereocenters. The summed E-state index contributed by atoms with van der Waals surface area (Å²) >= 11 is 1.85. The van der Waals surface area contributed by atoms with Crippen LogP contribution in [-0.2, 0) is 6.42 Å². The van der Waals surface area contributed by atoms with Crippen molar-refractivity contribution in [2.45, 2.75) is 6.42 Å². The quantitative estimate of drug-likeness (QED) is 0.848. The fraction of sp³-hybridized carbons (Fsp3) is 0.400. The smallest absolute Gasteiger partial charge is 0.132 e. The van der Waals surface area contributed by atoms with E-state index in [9.17, 15) is 0 Å². The lowest BCUT2D eigenvalue weighted by molar-refractivity contribution is 0.396. The van der Waals surface area contributed by atoms with Crippen molar-refractivity contribution in [2.75, 3.05) is 20.6 Å². The van der Waals surface area contributed by atoms with E-state index in [-0.39, 0.29) is 30.5 Å². The Labute approximate surface area is 118 Å². The lowest BCUT2D eigenvalue weighted by Gasteiger charge is -2.11. The molecule has 2 N–H and O–H groups in total. The molecule has 1 aromatic rings. The van der Waals surface area contributed by atoms with Crippen LogP contribution in [0.1, 0.15) is 13.8 Å². The molecule has 0 aliphatic heterocycles. The number of halogens is 2. The van der Waals surface area contributed by atoms with Crippen LogP contribution in [-0.4, -0.2) is 20.6 Å². The SMILES string of the molecule is Cl.[2H]C([2H])([2H])Oc1cc(CCN)c(OC([2H])([2H])[2H])cc1I. The van der Waals surface area contributed by atoms with Gasteiger partial charge in [0.05, 0.1) is 25.9 Å². The van der Waals surface area contributed by atoms with Crippen molar-refractivity contribution < 1.29 is 17.7 Å². The van der Waals surface area contributed by atoms with Crippen LogP contribution in [0.25, 0.3) is 0 Å². The summed E-state index contributed by atoms with van der Waals surface area (Å²) < 4.78 is 52.9. The summed E-state index contributed by atoms with van der Waals surface area (Å²) in [6.45, 7) is 0.269. The highest BCUT2D eigenvalue weighted by Crippen LogP contribution is 2.29. The molecule has 86 valence electrons.